The molecule has 0 fully saturated rings. The SMILES string of the molecule is CC1=Cc2ccccc2N(C(C)(C)C(=O)O)N1C(=O)C(C)C. The van der Waals surface area contributed by atoms with E-state index in [2.05, 4.69) is 0 Å². The van der Waals surface area contributed by atoms with Gasteiger partial charge in [-0.15, -0.1) is 0 Å². The van der Waals surface area contributed by atoms with Crippen LogP contribution >= 0.6 is 0 Å². The first-order valence-electron chi connectivity index (χ1n) is 7.32. The normalized spacial score (nSPS) is 14.7. The lowest BCUT2D eigenvalue weighted by Gasteiger charge is -2.47. The van der Waals surface area contributed by atoms with Gasteiger partial charge in [-0.3, -0.25) is 9.80 Å². The lowest BCUT2D eigenvalue weighted by molar-refractivity contribution is -0.145. The maximum Gasteiger partial charge on any atom is 0.331 e. The molecule has 0 aromatic heterocycles. The van der Waals surface area contributed by atoms with Crippen molar-refractivity contribution in [2.24, 2.45) is 5.92 Å². The maximum atomic E-state index is 12.6. The number of carbonyl (C=O) groups excluding carboxylic acids is 1. The van der Waals surface area contributed by atoms with Gasteiger partial charge in [0.05, 0.1) is 5.69 Å². The Hall–Kier alpha value is -2.30. The van der Waals surface area contributed by atoms with E-state index >= 15 is 0 Å². The quantitative estimate of drug-likeness (QED) is 0.932. The average molecular weight is 302 g/mol. The summed E-state index contributed by atoms with van der Waals surface area (Å²) in [5, 5.41) is 12.7. The molecule has 0 saturated carbocycles. The van der Waals surface area contributed by atoms with Gasteiger partial charge >= 0.3 is 5.97 Å². The van der Waals surface area contributed by atoms with Crippen LogP contribution in [0.4, 0.5) is 5.69 Å². The molecule has 2 rings (SSSR count). The van der Waals surface area contributed by atoms with Crippen molar-refractivity contribution < 1.29 is 14.7 Å². The molecule has 0 saturated heterocycles. The summed E-state index contributed by atoms with van der Waals surface area (Å²) in [7, 11) is 0. The number of rotatable bonds is 3. The van der Waals surface area contributed by atoms with E-state index in [0.717, 1.165) is 11.3 Å². The van der Waals surface area contributed by atoms with Gasteiger partial charge in [-0.05, 0) is 32.9 Å². The highest BCUT2D eigenvalue weighted by Gasteiger charge is 2.43. The molecule has 0 atom stereocenters. The Morgan fingerprint density at radius 3 is 2.32 bits per heavy atom. The number of anilines is 1. The topological polar surface area (TPSA) is 60.9 Å². The molecular formula is C17H22N2O3. The summed E-state index contributed by atoms with van der Waals surface area (Å²) in [6.07, 6.45) is 1.91. The first-order valence-corrected chi connectivity index (χ1v) is 7.32. The summed E-state index contributed by atoms with van der Waals surface area (Å²) in [5.41, 5.74) is 1.08. The van der Waals surface area contributed by atoms with E-state index in [9.17, 15) is 14.7 Å². The molecule has 0 spiro atoms. The molecular weight excluding hydrogens is 280 g/mol. The molecule has 0 bridgehead atoms. The van der Waals surface area contributed by atoms with Gasteiger partial charge in [-0.1, -0.05) is 32.0 Å². The third kappa shape index (κ3) is 2.47. The van der Waals surface area contributed by atoms with Crippen LogP contribution in [0, 0.1) is 5.92 Å². The fourth-order valence-corrected chi connectivity index (χ4v) is 2.51. The second-order valence-corrected chi connectivity index (χ2v) is 6.33. The zero-order valence-electron chi connectivity index (χ0n) is 13.6. The number of aliphatic carboxylic acids is 1. The number of amides is 1. The minimum Gasteiger partial charge on any atom is -0.479 e. The van der Waals surface area contributed by atoms with Crippen LogP contribution in [0.2, 0.25) is 0 Å². The summed E-state index contributed by atoms with van der Waals surface area (Å²) in [4.78, 5) is 24.4. The Morgan fingerprint density at radius 1 is 1.18 bits per heavy atom. The molecule has 1 heterocycles. The summed E-state index contributed by atoms with van der Waals surface area (Å²) in [5.74, 6) is -1.35. The smallest absolute Gasteiger partial charge is 0.331 e. The van der Waals surface area contributed by atoms with Crippen molar-refractivity contribution in [3.8, 4) is 0 Å². The van der Waals surface area contributed by atoms with Gasteiger partial charge in [-0.2, -0.15) is 0 Å². The molecule has 1 aliphatic heterocycles. The van der Waals surface area contributed by atoms with E-state index in [1.807, 2.05) is 51.1 Å². The van der Waals surface area contributed by atoms with Gasteiger partial charge in [0.25, 0.3) is 0 Å². The van der Waals surface area contributed by atoms with Gasteiger partial charge in [-0.25, -0.2) is 9.80 Å². The highest BCUT2D eigenvalue weighted by Crippen LogP contribution is 2.37. The number of hydrogen-bond acceptors (Lipinski definition) is 3. The van der Waals surface area contributed by atoms with Crippen LogP contribution in [0.25, 0.3) is 6.08 Å². The minimum absolute atomic E-state index is 0.127. The molecule has 22 heavy (non-hydrogen) atoms. The van der Waals surface area contributed by atoms with Crippen LogP contribution in [0.3, 0.4) is 0 Å². The van der Waals surface area contributed by atoms with Crippen molar-refractivity contribution in [3.63, 3.8) is 0 Å². The van der Waals surface area contributed by atoms with E-state index in [1.54, 1.807) is 18.9 Å². The summed E-state index contributed by atoms with van der Waals surface area (Å²) in [6, 6.07) is 7.50. The van der Waals surface area contributed by atoms with Crippen molar-refractivity contribution in [2.45, 2.75) is 40.2 Å². The Morgan fingerprint density at radius 2 is 1.77 bits per heavy atom. The number of carboxylic acids is 1. The zero-order chi connectivity index (χ0) is 16.7. The van der Waals surface area contributed by atoms with Crippen molar-refractivity contribution in [3.05, 3.63) is 35.5 Å². The van der Waals surface area contributed by atoms with Crippen LogP contribution in [-0.4, -0.2) is 27.5 Å². The molecule has 0 radical (unpaired) electrons. The first-order chi connectivity index (χ1) is 10.2. The van der Waals surface area contributed by atoms with Crippen LogP contribution in [0.1, 0.15) is 40.2 Å². The number of carbonyl (C=O) groups is 2. The molecule has 1 amide bonds. The second-order valence-electron chi connectivity index (χ2n) is 6.33. The van der Waals surface area contributed by atoms with E-state index in [0.29, 0.717) is 5.70 Å². The van der Waals surface area contributed by atoms with Gasteiger partial charge < -0.3 is 5.11 Å². The molecule has 5 heteroatoms. The predicted molar refractivity (Wildman–Crippen MR) is 86.0 cm³/mol. The fourth-order valence-electron chi connectivity index (χ4n) is 2.51. The summed E-state index contributed by atoms with van der Waals surface area (Å²) in [6.45, 7) is 8.64. The lowest BCUT2D eigenvalue weighted by Crippen LogP contribution is -2.61. The maximum absolute atomic E-state index is 12.6. The number of hydrazine groups is 1. The predicted octanol–water partition coefficient (Wildman–Crippen LogP) is 3.13. The molecule has 0 aliphatic carbocycles. The molecule has 1 aromatic carbocycles. The monoisotopic (exact) mass is 302 g/mol. The molecule has 5 nitrogen and oxygen atoms in total. The largest absolute Gasteiger partial charge is 0.479 e. The Labute approximate surface area is 130 Å². The van der Waals surface area contributed by atoms with Crippen LogP contribution < -0.4 is 5.01 Å². The van der Waals surface area contributed by atoms with Crippen LogP contribution in [0.15, 0.2) is 30.0 Å². The van der Waals surface area contributed by atoms with Gasteiger partial charge in [0, 0.05) is 17.2 Å². The number of fused-ring (bicyclic) bond motifs is 1. The van der Waals surface area contributed by atoms with Crippen LogP contribution in [-0.2, 0) is 9.59 Å². The first kappa shape index (κ1) is 16.1. The Bertz CT molecular complexity index is 647. The standard InChI is InChI=1S/C17H22N2O3/c1-11(2)15(20)18-12(3)10-13-8-6-7-9-14(13)19(18)17(4,5)16(21)22/h6-11H,1-5H3,(H,21,22). The number of hydrogen-bond donors (Lipinski definition) is 1. The van der Waals surface area contributed by atoms with Gasteiger partial charge in [0.1, 0.15) is 0 Å². The number of nitrogens with zero attached hydrogens (tertiary/aromatic N) is 2. The van der Waals surface area contributed by atoms with E-state index in [1.165, 1.54) is 5.01 Å². The minimum atomic E-state index is -1.25. The summed E-state index contributed by atoms with van der Waals surface area (Å²) < 4.78 is 0. The van der Waals surface area contributed by atoms with Gasteiger partial charge in [0.2, 0.25) is 5.91 Å². The molecule has 1 N–H and O–H groups in total. The van der Waals surface area contributed by atoms with Gasteiger partial charge in [0.15, 0.2) is 5.54 Å². The second kappa shape index (κ2) is 5.48. The molecule has 118 valence electrons. The Kier molecular flexibility index (Phi) is 4.00. The molecule has 1 aromatic rings. The highest BCUT2D eigenvalue weighted by molar-refractivity contribution is 5.91. The molecule has 0 unspecified atom stereocenters. The van der Waals surface area contributed by atoms with Crippen molar-refractivity contribution in [1.82, 2.24) is 5.01 Å². The Balaban J connectivity index is 2.68. The number of para-hydroxylation sites is 1. The van der Waals surface area contributed by atoms with Crippen molar-refractivity contribution >= 4 is 23.6 Å². The van der Waals surface area contributed by atoms with Crippen LogP contribution in [0.5, 0.6) is 0 Å². The van der Waals surface area contributed by atoms with Crippen molar-refractivity contribution in [1.29, 1.82) is 0 Å². The number of carboxylic acid groups (broad SMARTS) is 1. The summed E-state index contributed by atoms with van der Waals surface area (Å²) >= 11 is 0. The lowest BCUT2D eigenvalue weighted by atomic mass is 9.99. The average Bonchev–Trinajstić information content (AvgIpc) is 2.44. The molecule has 1 aliphatic rings. The highest BCUT2D eigenvalue weighted by atomic mass is 16.4. The number of allylic oxidation sites excluding steroid dienone is 1. The zero-order valence-corrected chi connectivity index (χ0v) is 13.6. The number of benzene rings is 1. The van der Waals surface area contributed by atoms with E-state index in [4.69, 9.17) is 0 Å². The third-order valence-electron chi connectivity index (χ3n) is 3.82. The fraction of sp³-hybridized carbons (Fsp3) is 0.412. The van der Waals surface area contributed by atoms with E-state index in [-0.39, 0.29) is 11.8 Å². The van der Waals surface area contributed by atoms with Crippen molar-refractivity contribution in [2.75, 3.05) is 5.01 Å². The van der Waals surface area contributed by atoms with E-state index < -0.39 is 11.5 Å². The third-order valence-corrected chi connectivity index (χ3v) is 3.82.